The van der Waals surface area contributed by atoms with Gasteiger partial charge in [0.1, 0.15) is 5.75 Å². The van der Waals surface area contributed by atoms with E-state index in [4.69, 9.17) is 22.1 Å². The van der Waals surface area contributed by atoms with Gasteiger partial charge in [-0.1, -0.05) is 29.8 Å². The summed E-state index contributed by atoms with van der Waals surface area (Å²) in [5.74, 6) is 0.945. The smallest absolute Gasteiger partial charge is 0.193 e. The number of rotatable bonds is 5. The van der Waals surface area contributed by atoms with Crippen LogP contribution in [0.3, 0.4) is 0 Å². The van der Waals surface area contributed by atoms with Crippen LogP contribution in [-0.2, 0) is 0 Å². The fourth-order valence-corrected chi connectivity index (χ4v) is 1.99. The number of benzene rings is 2. The zero-order valence-electron chi connectivity index (χ0n) is 12.2. The molecule has 5 nitrogen and oxygen atoms in total. The van der Waals surface area contributed by atoms with Gasteiger partial charge in [0.2, 0.25) is 0 Å². The van der Waals surface area contributed by atoms with Gasteiger partial charge < -0.3 is 20.9 Å². The van der Waals surface area contributed by atoms with Gasteiger partial charge >= 0.3 is 0 Å². The molecule has 2 aromatic rings. The van der Waals surface area contributed by atoms with E-state index >= 15 is 0 Å². The van der Waals surface area contributed by atoms with E-state index in [1.165, 1.54) is 0 Å². The second kappa shape index (κ2) is 7.68. The number of aliphatic imine (C=N–C) groups is 1. The number of nitrogens with two attached hydrogens (primary N) is 1. The van der Waals surface area contributed by atoms with Crippen molar-refractivity contribution in [2.75, 3.05) is 19.0 Å². The Morgan fingerprint density at radius 1 is 1.32 bits per heavy atom. The van der Waals surface area contributed by atoms with Crippen LogP contribution in [0.25, 0.3) is 0 Å². The van der Waals surface area contributed by atoms with Crippen molar-refractivity contribution in [3.63, 3.8) is 0 Å². The van der Waals surface area contributed by atoms with Crippen molar-refractivity contribution in [2.24, 2.45) is 10.7 Å². The second-order valence-electron chi connectivity index (χ2n) is 4.65. The number of methoxy groups -OCH3 is 1. The molecule has 0 aromatic heterocycles. The highest BCUT2D eigenvalue weighted by Gasteiger charge is 2.07. The van der Waals surface area contributed by atoms with Crippen LogP contribution in [0, 0.1) is 0 Å². The first-order valence-corrected chi connectivity index (χ1v) is 7.11. The lowest BCUT2D eigenvalue weighted by Crippen LogP contribution is -2.23. The zero-order valence-corrected chi connectivity index (χ0v) is 12.9. The predicted octanol–water partition coefficient (Wildman–Crippen LogP) is 2.81. The van der Waals surface area contributed by atoms with Gasteiger partial charge in [-0.2, -0.15) is 0 Å². The molecule has 0 saturated heterocycles. The standard InChI is InChI=1S/C16H18ClN3O2/c1-22-14-4-2-3-13(9-14)20-16(18)19-10-15(21)11-5-7-12(17)8-6-11/h2-9,15,21H,10H2,1H3,(H3,18,19,20). The third kappa shape index (κ3) is 4.65. The molecule has 0 spiro atoms. The van der Waals surface area contributed by atoms with Crippen LogP contribution in [0.5, 0.6) is 5.75 Å². The summed E-state index contributed by atoms with van der Waals surface area (Å²) in [6.45, 7) is 0.157. The average molecular weight is 320 g/mol. The Morgan fingerprint density at radius 2 is 2.05 bits per heavy atom. The normalized spacial score (nSPS) is 12.8. The van der Waals surface area contributed by atoms with E-state index in [0.29, 0.717) is 5.02 Å². The number of ether oxygens (including phenoxy) is 1. The summed E-state index contributed by atoms with van der Waals surface area (Å²) in [7, 11) is 1.60. The van der Waals surface area contributed by atoms with Gasteiger partial charge in [-0.05, 0) is 29.8 Å². The molecule has 116 valence electrons. The summed E-state index contributed by atoms with van der Waals surface area (Å²) >= 11 is 5.81. The molecule has 0 aliphatic heterocycles. The number of nitrogens with one attached hydrogen (secondary N) is 1. The second-order valence-corrected chi connectivity index (χ2v) is 5.09. The maximum Gasteiger partial charge on any atom is 0.193 e. The molecule has 1 unspecified atom stereocenters. The summed E-state index contributed by atoms with van der Waals surface area (Å²) in [6, 6.07) is 14.3. The summed E-state index contributed by atoms with van der Waals surface area (Å²) in [5.41, 5.74) is 7.32. The first-order valence-electron chi connectivity index (χ1n) is 6.73. The summed E-state index contributed by atoms with van der Waals surface area (Å²) in [5, 5.41) is 13.6. The minimum atomic E-state index is -0.733. The molecule has 4 N–H and O–H groups in total. The Labute approximate surface area is 134 Å². The van der Waals surface area contributed by atoms with Crippen molar-refractivity contribution in [1.82, 2.24) is 0 Å². The molecule has 6 heteroatoms. The molecule has 2 rings (SSSR count). The van der Waals surface area contributed by atoms with Gasteiger partial charge in [0.25, 0.3) is 0 Å². The minimum Gasteiger partial charge on any atom is -0.497 e. The number of hydrogen-bond acceptors (Lipinski definition) is 3. The fraction of sp³-hybridized carbons (Fsp3) is 0.188. The van der Waals surface area contributed by atoms with Crippen molar-refractivity contribution < 1.29 is 9.84 Å². The molecular formula is C16H18ClN3O2. The molecular weight excluding hydrogens is 302 g/mol. The van der Waals surface area contributed by atoms with Crippen LogP contribution in [-0.4, -0.2) is 24.7 Å². The molecule has 0 radical (unpaired) electrons. The lowest BCUT2D eigenvalue weighted by atomic mass is 10.1. The average Bonchev–Trinajstić information content (AvgIpc) is 2.53. The molecule has 0 amide bonds. The van der Waals surface area contributed by atoms with Crippen molar-refractivity contribution in [3.8, 4) is 5.75 Å². The predicted molar refractivity (Wildman–Crippen MR) is 89.5 cm³/mol. The molecule has 0 saturated carbocycles. The van der Waals surface area contributed by atoms with Crippen LogP contribution in [0.15, 0.2) is 53.5 Å². The number of nitrogens with zero attached hydrogens (tertiary/aromatic N) is 1. The number of halogens is 1. The van der Waals surface area contributed by atoms with Gasteiger partial charge in [0.05, 0.1) is 19.8 Å². The summed E-state index contributed by atoms with van der Waals surface area (Å²) in [6.07, 6.45) is -0.733. The zero-order chi connectivity index (χ0) is 15.9. The van der Waals surface area contributed by atoms with E-state index in [1.54, 1.807) is 37.4 Å². The molecule has 0 aliphatic carbocycles. The van der Waals surface area contributed by atoms with Crippen molar-refractivity contribution in [3.05, 3.63) is 59.1 Å². The Morgan fingerprint density at radius 3 is 2.73 bits per heavy atom. The molecule has 0 fully saturated rings. The topological polar surface area (TPSA) is 79.9 Å². The molecule has 0 aliphatic rings. The highest BCUT2D eigenvalue weighted by atomic mass is 35.5. The van der Waals surface area contributed by atoms with E-state index in [2.05, 4.69) is 10.3 Å². The Bertz CT molecular complexity index is 644. The number of hydrogen-bond donors (Lipinski definition) is 3. The van der Waals surface area contributed by atoms with E-state index < -0.39 is 6.10 Å². The van der Waals surface area contributed by atoms with Gasteiger partial charge in [-0.15, -0.1) is 0 Å². The summed E-state index contributed by atoms with van der Waals surface area (Å²) in [4.78, 5) is 4.13. The highest BCUT2D eigenvalue weighted by molar-refractivity contribution is 6.30. The van der Waals surface area contributed by atoms with Crippen LogP contribution in [0.2, 0.25) is 5.02 Å². The largest absolute Gasteiger partial charge is 0.497 e. The minimum absolute atomic E-state index is 0.157. The highest BCUT2D eigenvalue weighted by Crippen LogP contribution is 2.18. The Kier molecular flexibility index (Phi) is 5.63. The SMILES string of the molecule is COc1cccc(NC(N)=NCC(O)c2ccc(Cl)cc2)c1. The van der Waals surface area contributed by atoms with Crippen molar-refractivity contribution in [2.45, 2.75) is 6.10 Å². The number of aliphatic hydroxyl groups excluding tert-OH is 1. The third-order valence-corrected chi connectivity index (χ3v) is 3.28. The Hall–Kier alpha value is -2.24. The fourth-order valence-electron chi connectivity index (χ4n) is 1.86. The van der Waals surface area contributed by atoms with Gasteiger partial charge in [-0.25, -0.2) is 0 Å². The first-order chi connectivity index (χ1) is 10.6. The lowest BCUT2D eigenvalue weighted by Gasteiger charge is -2.10. The quantitative estimate of drug-likeness (QED) is 0.585. The maximum atomic E-state index is 10.1. The number of aliphatic hydroxyl groups is 1. The molecule has 0 bridgehead atoms. The maximum absolute atomic E-state index is 10.1. The first kappa shape index (κ1) is 16.1. The summed E-state index contributed by atoms with van der Waals surface area (Å²) < 4.78 is 5.13. The van der Waals surface area contributed by atoms with E-state index in [1.807, 2.05) is 18.2 Å². The molecule has 0 heterocycles. The van der Waals surface area contributed by atoms with Gasteiger partial charge in [0.15, 0.2) is 5.96 Å². The number of anilines is 1. The van der Waals surface area contributed by atoms with Crippen LogP contribution >= 0.6 is 11.6 Å². The Balaban J connectivity index is 1.95. The van der Waals surface area contributed by atoms with Crippen LogP contribution in [0.4, 0.5) is 5.69 Å². The van der Waals surface area contributed by atoms with E-state index in [9.17, 15) is 5.11 Å². The monoisotopic (exact) mass is 319 g/mol. The number of guanidine groups is 1. The van der Waals surface area contributed by atoms with E-state index in [0.717, 1.165) is 17.0 Å². The lowest BCUT2D eigenvalue weighted by molar-refractivity contribution is 0.187. The molecule has 2 aromatic carbocycles. The van der Waals surface area contributed by atoms with Crippen molar-refractivity contribution >= 4 is 23.2 Å². The van der Waals surface area contributed by atoms with E-state index in [-0.39, 0.29) is 12.5 Å². The van der Waals surface area contributed by atoms with Crippen LogP contribution in [0.1, 0.15) is 11.7 Å². The van der Waals surface area contributed by atoms with Crippen LogP contribution < -0.4 is 15.8 Å². The van der Waals surface area contributed by atoms with Gasteiger partial charge in [-0.3, -0.25) is 4.99 Å². The van der Waals surface area contributed by atoms with Gasteiger partial charge in [0, 0.05) is 16.8 Å². The molecule has 22 heavy (non-hydrogen) atoms. The molecule has 1 atom stereocenters. The third-order valence-electron chi connectivity index (χ3n) is 3.03. The van der Waals surface area contributed by atoms with Crippen molar-refractivity contribution in [1.29, 1.82) is 0 Å².